The maximum Gasteiger partial charge on any atom is 0.162 e. The number of rotatable bonds is 5. The summed E-state index contributed by atoms with van der Waals surface area (Å²) in [5, 5.41) is 0. The molecular formula is C30H23N3. The van der Waals surface area contributed by atoms with Crippen molar-refractivity contribution < 1.29 is 0 Å². The predicted molar refractivity (Wildman–Crippen MR) is 138 cm³/mol. The van der Waals surface area contributed by atoms with Gasteiger partial charge in [-0.25, -0.2) is 9.98 Å². The molecule has 0 unspecified atom stereocenters. The highest BCUT2D eigenvalue weighted by atomic mass is 15.0. The van der Waals surface area contributed by atoms with Crippen LogP contribution in [0.2, 0.25) is 0 Å². The van der Waals surface area contributed by atoms with Crippen LogP contribution in [0.15, 0.2) is 131 Å². The van der Waals surface area contributed by atoms with Crippen LogP contribution >= 0.6 is 0 Å². The first-order chi connectivity index (χ1) is 16.3. The highest BCUT2D eigenvalue weighted by Gasteiger charge is 2.23. The molecule has 0 spiro atoms. The molecule has 0 amide bonds. The van der Waals surface area contributed by atoms with E-state index in [2.05, 4.69) is 114 Å². The van der Waals surface area contributed by atoms with Gasteiger partial charge in [-0.05, 0) is 23.3 Å². The van der Waals surface area contributed by atoms with Gasteiger partial charge in [0.05, 0.1) is 5.71 Å². The lowest BCUT2D eigenvalue weighted by atomic mass is 10.0. The van der Waals surface area contributed by atoms with Gasteiger partial charge in [-0.3, -0.25) is 0 Å². The third kappa shape index (κ3) is 3.79. The molecule has 0 saturated carbocycles. The molecule has 0 radical (unpaired) electrons. The van der Waals surface area contributed by atoms with Gasteiger partial charge in [0.1, 0.15) is 5.82 Å². The fourth-order valence-electron chi connectivity index (χ4n) is 4.46. The maximum absolute atomic E-state index is 5.11. The number of aromatic nitrogens is 1. The Labute approximate surface area is 193 Å². The van der Waals surface area contributed by atoms with Crippen molar-refractivity contribution in [3.8, 4) is 11.1 Å². The lowest BCUT2D eigenvalue weighted by Crippen LogP contribution is -2.03. The standard InChI is InChI=1S/C30H23N3/c1-3-11-21(12-4-1)25-19-27(23-15-7-8-16-23)31-29(25)33-30-26(22-13-5-2-6-14-22)20-28(32-30)24-17-9-10-18-24/h1-20,23-24,31H/b33-30-. The Bertz CT molecular complexity index is 1370. The molecule has 0 fully saturated rings. The first kappa shape index (κ1) is 19.4. The molecule has 3 heteroatoms. The summed E-state index contributed by atoms with van der Waals surface area (Å²) in [6, 6.07) is 23.0. The second-order valence-electron chi connectivity index (χ2n) is 8.34. The number of hydrogen-bond donors (Lipinski definition) is 1. The van der Waals surface area contributed by atoms with Gasteiger partial charge < -0.3 is 4.98 Å². The van der Waals surface area contributed by atoms with Crippen LogP contribution in [-0.2, 0) is 0 Å². The van der Waals surface area contributed by atoms with Crippen molar-refractivity contribution in [3.05, 3.63) is 133 Å². The molecule has 33 heavy (non-hydrogen) atoms. The fourth-order valence-corrected chi connectivity index (χ4v) is 4.46. The average Bonchev–Trinajstić information content (AvgIpc) is 3.67. The van der Waals surface area contributed by atoms with Crippen molar-refractivity contribution in [2.45, 2.75) is 5.92 Å². The van der Waals surface area contributed by atoms with E-state index in [9.17, 15) is 0 Å². The Morgan fingerprint density at radius 3 is 1.97 bits per heavy atom. The Morgan fingerprint density at radius 2 is 1.30 bits per heavy atom. The maximum atomic E-state index is 5.11. The zero-order valence-corrected chi connectivity index (χ0v) is 18.1. The van der Waals surface area contributed by atoms with Crippen molar-refractivity contribution in [1.82, 2.24) is 4.98 Å². The summed E-state index contributed by atoms with van der Waals surface area (Å²) in [6.45, 7) is 0. The average molecular weight is 426 g/mol. The van der Waals surface area contributed by atoms with Crippen molar-refractivity contribution in [2.24, 2.45) is 15.9 Å². The molecule has 2 heterocycles. The van der Waals surface area contributed by atoms with Gasteiger partial charge in [-0.15, -0.1) is 0 Å². The van der Waals surface area contributed by atoms with E-state index in [1.807, 2.05) is 12.1 Å². The molecule has 1 aromatic heterocycles. The van der Waals surface area contributed by atoms with E-state index in [-0.39, 0.29) is 11.8 Å². The first-order valence-corrected chi connectivity index (χ1v) is 11.3. The smallest absolute Gasteiger partial charge is 0.162 e. The third-order valence-corrected chi connectivity index (χ3v) is 6.17. The van der Waals surface area contributed by atoms with Crippen LogP contribution < -0.4 is 0 Å². The summed E-state index contributed by atoms with van der Waals surface area (Å²) < 4.78 is 0. The second kappa shape index (κ2) is 8.36. The van der Waals surface area contributed by atoms with Crippen LogP contribution in [0, 0.1) is 5.92 Å². The van der Waals surface area contributed by atoms with Crippen LogP contribution in [0.4, 0.5) is 5.82 Å². The highest BCUT2D eigenvalue weighted by molar-refractivity contribution is 6.36. The lowest BCUT2D eigenvalue weighted by Gasteiger charge is -2.05. The predicted octanol–water partition coefficient (Wildman–Crippen LogP) is 7.20. The third-order valence-electron chi connectivity index (χ3n) is 6.17. The molecule has 1 N–H and O–H groups in total. The van der Waals surface area contributed by atoms with Gasteiger partial charge in [0, 0.05) is 28.7 Å². The number of H-pyrrole nitrogens is 1. The Hall–Kier alpha value is -4.24. The van der Waals surface area contributed by atoms with Gasteiger partial charge in [-0.1, -0.05) is 109 Å². The minimum atomic E-state index is 0.193. The number of amidine groups is 1. The number of allylic oxidation sites excluding steroid dienone is 9. The molecule has 158 valence electrons. The normalized spacial score (nSPS) is 18.6. The van der Waals surface area contributed by atoms with Crippen LogP contribution in [0.1, 0.15) is 17.2 Å². The summed E-state index contributed by atoms with van der Waals surface area (Å²) in [5.41, 5.74) is 6.55. The Balaban J connectivity index is 1.48. The minimum Gasteiger partial charge on any atom is -0.342 e. The minimum absolute atomic E-state index is 0.193. The quantitative estimate of drug-likeness (QED) is 0.449. The van der Waals surface area contributed by atoms with Gasteiger partial charge in [0.15, 0.2) is 5.84 Å². The molecule has 6 rings (SSSR count). The summed E-state index contributed by atoms with van der Waals surface area (Å²) in [7, 11) is 0. The summed E-state index contributed by atoms with van der Waals surface area (Å²) >= 11 is 0. The van der Waals surface area contributed by atoms with Crippen molar-refractivity contribution in [2.75, 3.05) is 0 Å². The SMILES string of the molecule is C1=CC(C2=N/C(=N\c3[nH]c(C4C=CC=C4)cc3-c3ccccc3)C(c3ccccc3)=C2)C=C1. The molecule has 2 aliphatic carbocycles. The number of nitrogens with one attached hydrogen (secondary N) is 1. The molecule has 3 nitrogen and oxygen atoms in total. The van der Waals surface area contributed by atoms with E-state index in [0.29, 0.717) is 0 Å². The van der Waals surface area contributed by atoms with E-state index in [1.54, 1.807) is 0 Å². The topological polar surface area (TPSA) is 40.5 Å². The summed E-state index contributed by atoms with van der Waals surface area (Å²) in [6.07, 6.45) is 19.2. The number of hydrogen-bond acceptors (Lipinski definition) is 1. The van der Waals surface area contributed by atoms with E-state index < -0.39 is 0 Å². The molecule has 0 atom stereocenters. The van der Waals surface area contributed by atoms with Crippen LogP contribution in [0.3, 0.4) is 0 Å². The number of benzene rings is 2. The van der Waals surface area contributed by atoms with E-state index in [0.717, 1.165) is 45.3 Å². The lowest BCUT2D eigenvalue weighted by molar-refractivity contribution is 1.03. The zero-order chi connectivity index (χ0) is 22.0. The monoisotopic (exact) mass is 425 g/mol. The van der Waals surface area contributed by atoms with Crippen LogP contribution in [0.25, 0.3) is 16.7 Å². The Kier molecular flexibility index (Phi) is 4.93. The van der Waals surface area contributed by atoms with E-state index in [4.69, 9.17) is 9.98 Å². The molecule has 2 aromatic carbocycles. The van der Waals surface area contributed by atoms with Gasteiger partial charge in [0.2, 0.25) is 0 Å². The summed E-state index contributed by atoms with van der Waals surface area (Å²) in [4.78, 5) is 13.7. The van der Waals surface area contributed by atoms with Gasteiger partial charge in [0.25, 0.3) is 0 Å². The van der Waals surface area contributed by atoms with Crippen molar-refractivity contribution >= 4 is 22.9 Å². The molecule has 0 bridgehead atoms. The molecule has 3 aliphatic rings. The Morgan fingerprint density at radius 1 is 0.697 bits per heavy atom. The number of aromatic amines is 1. The molecule has 3 aromatic rings. The highest BCUT2D eigenvalue weighted by Crippen LogP contribution is 2.37. The van der Waals surface area contributed by atoms with E-state index >= 15 is 0 Å². The van der Waals surface area contributed by atoms with E-state index in [1.165, 1.54) is 0 Å². The second-order valence-corrected chi connectivity index (χ2v) is 8.34. The van der Waals surface area contributed by atoms with Crippen molar-refractivity contribution in [3.63, 3.8) is 0 Å². The van der Waals surface area contributed by atoms with Gasteiger partial charge in [-0.2, -0.15) is 0 Å². The molecular weight excluding hydrogens is 402 g/mol. The molecule has 1 aliphatic heterocycles. The molecule has 0 saturated heterocycles. The van der Waals surface area contributed by atoms with Gasteiger partial charge >= 0.3 is 0 Å². The van der Waals surface area contributed by atoms with Crippen molar-refractivity contribution in [1.29, 1.82) is 0 Å². The first-order valence-electron chi connectivity index (χ1n) is 11.3. The summed E-state index contributed by atoms with van der Waals surface area (Å²) in [5.74, 6) is 2.01. The number of nitrogens with zero attached hydrogens (tertiary/aromatic N) is 2. The van der Waals surface area contributed by atoms with Crippen LogP contribution in [-0.4, -0.2) is 16.5 Å². The van der Waals surface area contributed by atoms with Crippen LogP contribution in [0.5, 0.6) is 0 Å². The zero-order valence-electron chi connectivity index (χ0n) is 18.1. The largest absolute Gasteiger partial charge is 0.342 e. The number of aliphatic imine (C=N–C) groups is 2. The fraction of sp³-hybridized carbons (Fsp3) is 0.0667.